The van der Waals surface area contributed by atoms with Gasteiger partial charge in [-0.15, -0.1) is 24.1 Å². The van der Waals surface area contributed by atoms with Gasteiger partial charge >= 0.3 is 5.97 Å². The number of benzene rings is 2. The summed E-state index contributed by atoms with van der Waals surface area (Å²) in [6, 6.07) is 15.4. The van der Waals surface area contributed by atoms with Gasteiger partial charge in [-0.2, -0.15) is 0 Å². The van der Waals surface area contributed by atoms with E-state index in [2.05, 4.69) is 5.92 Å². The fourth-order valence-corrected chi connectivity index (χ4v) is 3.37. The van der Waals surface area contributed by atoms with Crippen LogP contribution in [0.15, 0.2) is 54.3 Å². The first-order valence-corrected chi connectivity index (χ1v) is 10.2. The molecule has 0 atom stereocenters. The molecule has 5 heteroatoms. The molecule has 0 amide bonds. The minimum absolute atomic E-state index is 0.225. The van der Waals surface area contributed by atoms with Crippen molar-refractivity contribution in [3.63, 3.8) is 0 Å². The van der Waals surface area contributed by atoms with Gasteiger partial charge in [0.25, 0.3) is 0 Å². The number of halogens is 1. The molecule has 0 spiro atoms. The Balaban J connectivity index is 2.06. The van der Waals surface area contributed by atoms with Gasteiger partial charge in [0.05, 0.1) is 5.75 Å². The molecule has 0 saturated carbocycles. The molecular formula is C23H21ClO3S. The van der Waals surface area contributed by atoms with E-state index in [1.807, 2.05) is 54.6 Å². The lowest BCUT2D eigenvalue weighted by atomic mass is 10.1. The Hall–Kier alpha value is -2.48. The number of Topliss-reactive ketones (excluding diaryl/α,β-unsaturated/α-hetero) is 1. The molecule has 0 fully saturated rings. The number of rotatable bonds is 9. The molecule has 2 aromatic carbocycles. The third-order valence-corrected chi connectivity index (χ3v) is 4.96. The number of esters is 1. The van der Waals surface area contributed by atoms with Gasteiger partial charge in [-0.05, 0) is 41.8 Å². The Kier molecular flexibility index (Phi) is 8.87. The average Bonchev–Trinajstić information content (AvgIpc) is 2.64. The Bertz CT molecular complexity index is 878. The molecule has 144 valence electrons. The van der Waals surface area contributed by atoms with Crippen LogP contribution in [-0.2, 0) is 26.5 Å². The Labute approximate surface area is 175 Å². The maximum absolute atomic E-state index is 11.9. The highest BCUT2D eigenvalue weighted by molar-refractivity contribution is 7.98. The summed E-state index contributed by atoms with van der Waals surface area (Å²) in [5, 5.41) is 0.695. The van der Waals surface area contributed by atoms with Gasteiger partial charge in [0.2, 0.25) is 0 Å². The first-order valence-electron chi connectivity index (χ1n) is 8.71. The largest absolute Gasteiger partial charge is 0.430 e. The van der Waals surface area contributed by atoms with E-state index in [9.17, 15) is 9.59 Å². The predicted octanol–water partition coefficient (Wildman–Crippen LogP) is 5.31. The van der Waals surface area contributed by atoms with Crippen LogP contribution in [0.2, 0.25) is 5.02 Å². The molecule has 0 saturated heterocycles. The van der Waals surface area contributed by atoms with Crippen LogP contribution in [0.25, 0.3) is 6.08 Å². The van der Waals surface area contributed by atoms with Crippen molar-refractivity contribution in [2.24, 2.45) is 0 Å². The highest BCUT2D eigenvalue weighted by Crippen LogP contribution is 2.20. The molecule has 0 N–H and O–H groups in total. The van der Waals surface area contributed by atoms with Crippen molar-refractivity contribution in [2.45, 2.75) is 25.5 Å². The zero-order chi connectivity index (χ0) is 20.4. The monoisotopic (exact) mass is 412 g/mol. The number of terminal acetylenes is 1. The molecule has 0 heterocycles. The number of ketones is 1. The van der Waals surface area contributed by atoms with Crippen molar-refractivity contribution < 1.29 is 14.3 Å². The zero-order valence-electron chi connectivity index (χ0n) is 15.6. The summed E-state index contributed by atoms with van der Waals surface area (Å²) in [5.74, 6) is 3.59. The van der Waals surface area contributed by atoms with E-state index >= 15 is 0 Å². The molecule has 0 aromatic heterocycles. The van der Waals surface area contributed by atoms with Crippen LogP contribution >= 0.6 is 23.4 Å². The third-order valence-electron chi connectivity index (χ3n) is 3.68. The SMILES string of the molecule is C#CCc1ccc(/C=C(\CSCc2ccc(Cl)cc2)OC(=O)CC(C)=O)cc1. The van der Waals surface area contributed by atoms with Gasteiger partial charge in [-0.25, -0.2) is 0 Å². The van der Waals surface area contributed by atoms with E-state index in [-0.39, 0.29) is 12.2 Å². The maximum atomic E-state index is 11.9. The lowest BCUT2D eigenvalue weighted by Crippen LogP contribution is -2.10. The van der Waals surface area contributed by atoms with E-state index < -0.39 is 5.97 Å². The molecule has 0 aliphatic heterocycles. The van der Waals surface area contributed by atoms with Gasteiger partial charge in [-0.1, -0.05) is 48.0 Å². The van der Waals surface area contributed by atoms with E-state index in [0.717, 1.165) is 22.4 Å². The fraction of sp³-hybridized carbons (Fsp3) is 0.217. The second kappa shape index (κ2) is 11.4. The first kappa shape index (κ1) is 21.8. The molecule has 2 aromatic rings. The minimum Gasteiger partial charge on any atom is -0.430 e. The lowest BCUT2D eigenvalue weighted by Gasteiger charge is -2.09. The van der Waals surface area contributed by atoms with Crippen LogP contribution in [-0.4, -0.2) is 17.5 Å². The molecule has 2 rings (SSSR count). The summed E-state index contributed by atoms with van der Waals surface area (Å²) >= 11 is 7.52. The quantitative estimate of drug-likeness (QED) is 0.242. The molecule has 28 heavy (non-hydrogen) atoms. The predicted molar refractivity (Wildman–Crippen MR) is 116 cm³/mol. The van der Waals surface area contributed by atoms with Crippen LogP contribution in [0.3, 0.4) is 0 Å². The second-order valence-corrected chi connectivity index (χ2v) is 7.63. The topological polar surface area (TPSA) is 43.4 Å². The van der Waals surface area contributed by atoms with Crippen LogP contribution in [0.1, 0.15) is 30.0 Å². The lowest BCUT2D eigenvalue weighted by molar-refractivity contribution is -0.141. The van der Waals surface area contributed by atoms with Gasteiger partial charge in [0.15, 0.2) is 0 Å². The van der Waals surface area contributed by atoms with Crippen LogP contribution in [0.5, 0.6) is 0 Å². The first-order chi connectivity index (χ1) is 13.5. The van der Waals surface area contributed by atoms with Crippen LogP contribution in [0.4, 0.5) is 0 Å². The van der Waals surface area contributed by atoms with Crippen molar-refractivity contribution in [2.75, 3.05) is 5.75 Å². The Morgan fingerprint density at radius 3 is 2.36 bits per heavy atom. The van der Waals surface area contributed by atoms with Crippen LogP contribution < -0.4 is 0 Å². The second-order valence-electron chi connectivity index (χ2n) is 6.21. The van der Waals surface area contributed by atoms with Gasteiger partial charge in [0.1, 0.15) is 18.0 Å². The summed E-state index contributed by atoms with van der Waals surface area (Å²) < 4.78 is 5.43. The molecule has 0 bridgehead atoms. The normalized spacial score (nSPS) is 11.0. The van der Waals surface area contributed by atoms with E-state index in [1.54, 1.807) is 11.8 Å². The summed E-state index contributed by atoms with van der Waals surface area (Å²) in [6.45, 7) is 1.37. The maximum Gasteiger partial charge on any atom is 0.318 e. The highest BCUT2D eigenvalue weighted by Gasteiger charge is 2.11. The molecule has 0 aliphatic rings. The van der Waals surface area contributed by atoms with Crippen molar-refractivity contribution >= 4 is 41.2 Å². The number of hydrogen-bond donors (Lipinski definition) is 0. The summed E-state index contributed by atoms with van der Waals surface area (Å²) in [6.07, 6.45) is 7.47. The fourth-order valence-electron chi connectivity index (χ4n) is 2.37. The van der Waals surface area contributed by atoms with E-state index in [0.29, 0.717) is 23.0 Å². The van der Waals surface area contributed by atoms with Gasteiger partial charge in [0, 0.05) is 17.2 Å². The van der Waals surface area contributed by atoms with E-state index in [1.165, 1.54) is 6.92 Å². The summed E-state index contributed by atoms with van der Waals surface area (Å²) in [5.41, 5.74) is 3.08. The van der Waals surface area contributed by atoms with Crippen LogP contribution in [0, 0.1) is 12.3 Å². The molecule has 0 radical (unpaired) electrons. The third kappa shape index (κ3) is 8.04. The molecule has 0 aliphatic carbocycles. The average molecular weight is 413 g/mol. The smallest absolute Gasteiger partial charge is 0.318 e. The number of carbonyl (C=O) groups is 2. The van der Waals surface area contributed by atoms with Crippen molar-refractivity contribution in [1.82, 2.24) is 0 Å². The molecule has 0 unspecified atom stereocenters. The zero-order valence-corrected chi connectivity index (χ0v) is 17.2. The van der Waals surface area contributed by atoms with Crippen molar-refractivity contribution in [3.05, 3.63) is 76.0 Å². The highest BCUT2D eigenvalue weighted by atomic mass is 35.5. The standard InChI is InChI=1S/C23H21ClO3S/c1-3-4-18-5-7-19(8-6-18)14-22(27-23(26)13-17(2)25)16-28-15-20-9-11-21(24)12-10-20/h1,5-12,14H,4,13,15-16H2,2H3/b22-14+. The van der Waals surface area contributed by atoms with Gasteiger partial charge < -0.3 is 4.74 Å². The minimum atomic E-state index is -0.546. The van der Waals surface area contributed by atoms with E-state index in [4.69, 9.17) is 22.8 Å². The Morgan fingerprint density at radius 2 is 1.75 bits per heavy atom. The molecule has 3 nitrogen and oxygen atoms in total. The van der Waals surface area contributed by atoms with Crippen molar-refractivity contribution in [3.8, 4) is 12.3 Å². The summed E-state index contributed by atoms with van der Waals surface area (Å²) in [7, 11) is 0. The summed E-state index contributed by atoms with van der Waals surface area (Å²) in [4.78, 5) is 23.1. The number of thioether (sulfide) groups is 1. The number of hydrogen-bond acceptors (Lipinski definition) is 4. The number of ether oxygens (including phenoxy) is 1. The number of carbonyl (C=O) groups excluding carboxylic acids is 2. The Morgan fingerprint density at radius 1 is 1.11 bits per heavy atom. The molecular weight excluding hydrogens is 392 g/mol. The van der Waals surface area contributed by atoms with Gasteiger partial charge in [-0.3, -0.25) is 9.59 Å². The van der Waals surface area contributed by atoms with Crippen molar-refractivity contribution in [1.29, 1.82) is 0 Å².